The molecule has 0 aliphatic carbocycles. The van der Waals surface area contributed by atoms with Gasteiger partial charge < -0.3 is 10.3 Å². The van der Waals surface area contributed by atoms with E-state index in [1.807, 2.05) is 0 Å². The molecule has 0 radical (unpaired) electrons. The third-order valence-corrected chi connectivity index (χ3v) is 2.20. The fourth-order valence-corrected chi connectivity index (χ4v) is 1.53. The van der Waals surface area contributed by atoms with Crippen LogP contribution in [0.15, 0.2) is 12.1 Å². The van der Waals surface area contributed by atoms with Crippen molar-refractivity contribution >= 4 is 22.8 Å². The van der Waals surface area contributed by atoms with Crippen molar-refractivity contribution in [2.75, 3.05) is 5.73 Å². The SMILES string of the molecule is CC(=O)Cn1c(N)nc2cc(F)c(F)cc21. The zero-order valence-electron chi connectivity index (χ0n) is 8.50. The summed E-state index contributed by atoms with van der Waals surface area (Å²) in [5.74, 6) is -2.05. The van der Waals surface area contributed by atoms with E-state index in [4.69, 9.17) is 5.73 Å². The van der Waals surface area contributed by atoms with Crippen LogP contribution in [0.5, 0.6) is 0 Å². The molecule has 4 nitrogen and oxygen atoms in total. The van der Waals surface area contributed by atoms with Gasteiger partial charge in [-0.3, -0.25) is 4.79 Å². The fourth-order valence-electron chi connectivity index (χ4n) is 1.53. The minimum Gasteiger partial charge on any atom is -0.369 e. The monoisotopic (exact) mass is 225 g/mol. The Labute approximate surface area is 89.7 Å². The van der Waals surface area contributed by atoms with Gasteiger partial charge in [0.25, 0.3) is 0 Å². The summed E-state index contributed by atoms with van der Waals surface area (Å²) in [6.45, 7) is 1.37. The molecular formula is C10H9F2N3O. The quantitative estimate of drug-likeness (QED) is 0.842. The number of hydrogen-bond donors (Lipinski definition) is 1. The average molecular weight is 225 g/mol. The number of carbonyl (C=O) groups is 1. The second-order valence-corrected chi connectivity index (χ2v) is 3.51. The summed E-state index contributed by atoms with van der Waals surface area (Å²) in [5.41, 5.74) is 6.10. The van der Waals surface area contributed by atoms with Gasteiger partial charge in [0, 0.05) is 12.1 Å². The van der Waals surface area contributed by atoms with Crippen molar-refractivity contribution in [1.29, 1.82) is 0 Å². The van der Waals surface area contributed by atoms with Gasteiger partial charge in [-0.15, -0.1) is 0 Å². The van der Waals surface area contributed by atoms with Crippen molar-refractivity contribution in [3.63, 3.8) is 0 Å². The molecular weight excluding hydrogens is 216 g/mol. The fraction of sp³-hybridized carbons (Fsp3) is 0.200. The highest BCUT2D eigenvalue weighted by atomic mass is 19.2. The van der Waals surface area contributed by atoms with Crippen LogP contribution in [-0.2, 0) is 11.3 Å². The third kappa shape index (κ3) is 1.62. The van der Waals surface area contributed by atoms with Crippen molar-refractivity contribution in [3.8, 4) is 0 Å². The smallest absolute Gasteiger partial charge is 0.201 e. The molecule has 1 heterocycles. The number of fused-ring (bicyclic) bond motifs is 1. The van der Waals surface area contributed by atoms with Crippen LogP contribution >= 0.6 is 0 Å². The zero-order chi connectivity index (χ0) is 11.9. The molecule has 0 saturated carbocycles. The molecule has 6 heteroatoms. The number of ketones is 1. The second-order valence-electron chi connectivity index (χ2n) is 3.51. The predicted molar refractivity (Wildman–Crippen MR) is 54.7 cm³/mol. The molecule has 16 heavy (non-hydrogen) atoms. The number of nitrogen functional groups attached to an aromatic ring is 1. The van der Waals surface area contributed by atoms with Gasteiger partial charge in [0.05, 0.1) is 17.6 Å². The number of carbonyl (C=O) groups excluding carboxylic acids is 1. The Hall–Kier alpha value is -1.98. The van der Waals surface area contributed by atoms with Crippen LogP contribution in [0, 0.1) is 11.6 Å². The molecule has 2 N–H and O–H groups in total. The van der Waals surface area contributed by atoms with E-state index in [2.05, 4.69) is 4.98 Å². The maximum Gasteiger partial charge on any atom is 0.201 e. The van der Waals surface area contributed by atoms with Crippen molar-refractivity contribution in [3.05, 3.63) is 23.8 Å². The summed E-state index contributed by atoms with van der Waals surface area (Å²) in [6, 6.07) is 1.94. The van der Waals surface area contributed by atoms with Crippen molar-refractivity contribution < 1.29 is 13.6 Å². The minimum atomic E-state index is -0.989. The summed E-state index contributed by atoms with van der Waals surface area (Å²) < 4.78 is 27.3. The summed E-state index contributed by atoms with van der Waals surface area (Å²) >= 11 is 0. The number of hydrogen-bond acceptors (Lipinski definition) is 3. The van der Waals surface area contributed by atoms with Gasteiger partial charge in [-0.2, -0.15) is 0 Å². The van der Waals surface area contributed by atoms with Crippen LogP contribution in [0.3, 0.4) is 0 Å². The lowest BCUT2D eigenvalue weighted by Crippen LogP contribution is -2.09. The first-order valence-electron chi connectivity index (χ1n) is 4.59. The molecule has 0 saturated heterocycles. The van der Waals surface area contributed by atoms with E-state index in [1.165, 1.54) is 11.5 Å². The number of nitrogens with zero attached hydrogens (tertiary/aromatic N) is 2. The number of rotatable bonds is 2. The first kappa shape index (κ1) is 10.5. The number of benzene rings is 1. The first-order chi connectivity index (χ1) is 7.49. The molecule has 0 amide bonds. The number of imidazole rings is 1. The maximum absolute atomic E-state index is 13.0. The van der Waals surface area contributed by atoms with E-state index in [0.717, 1.165) is 12.1 Å². The highest BCUT2D eigenvalue weighted by molar-refractivity contribution is 5.82. The molecule has 0 fully saturated rings. The Morgan fingerprint density at radius 2 is 2.06 bits per heavy atom. The number of aromatic nitrogens is 2. The lowest BCUT2D eigenvalue weighted by molar-refractivity contribution is -0.117. The number of nitrogens with two attached hydrogens (primary N) is 1. The first-order valence-corrected chi connectivity index (χ1v) is 4.59. The molecule has 0 aliphatic rings. The topological polar surface area (TPSA) is 60.9 Å². The predicted octanol–water partition coefficient (Wildman–Crippen LogP) is 1.49. The van der Waals surface area contributed by atoms with Crippen LogP contribution in [-0.4, -0.2) is 15.3 Å². The Bertz CT molecular complexity index is 577. The number of anilines is 1. The van der Waals surface area contributed by atoms with Gasteiger partial charge in [-0.05, 0) is 6.92 Å². The largest absolute Gasteiger partial charge is 0.369 e. The maximum atomic E-state index is 13.0. The van der Waals surface area contributed by atoms with Crippen LogP contribution in [0.4, 0.5) is 14.7 Å². The molecule has 2 aromatic rings. The average Bonchev–Trinajstić information content (AvgIpc) is 2.45. The van der Waals surface area contributed by atoms with Crippen LogP contribution in [0.1, 0.15) is 6.92 Å². The summed E-state index contributed by atoms with van der Waals surface area (Å²) in [7, 11) is 0. The van der Waals surface area contributed by atoms with Gasteiger partial charge in [-0.1, -0.05) is 0 Å². The molecule has 2 rings (SSSR count). The van der Waals surface area contributed by atoms with Crippen LogP contribution in [0.25, 0.3) is 11.0 Å². The van der Waals surface area contributed by atoms with Crippen molar-refractivity contribution in [1.82, 2.24) is 9.55 Å². The standard InChI is InChI=1S/C10H9F2N3O/c1-5(16)4-15-9-3-7(12)6(11)2-8(9)14-10(15)13/h2-3H,4H2,1H3,(H2,13,14). The van der Waals surface area contributed by atoms with E-state index in [1.54, 1.807) is 0 Å². The lowest BCUT2D eigenvalue weighted by Gasteiger charge is -2.02. The van der Waals surface area contributed by atoms with E-state index in [-0.39, 0.29) is 23.8 Å². The van der Waals surface area contributed by atoms with Crippen LogP contribution < -0.4 is 5.73 Å². The minimum absolute atomic E-state index is 0.00654. The molecule has 0 unspecified atom stereocenters. The highest BCUT2D eigenvalue weighted by Crippen LogP contribution is 2.20. The zero-order valence-corrected chi connectivity index (χ0v) is 8.50. The molecule has 1 aromatic carbocycles. The van der Waals surface area contributed by atoms with E-state index in [9.17, 15) is 13.6 Å². The third-order valence-electron chi connectivity index (χ3n) is 2.20. The second kappa shape index (κ2) is 3.55. The van der Waals surface area contributed by atoms with Crippen molar-refractivity contribution in [2.45, 2.75) is 13.5 Å². The molecule has 0 spiro atoms. The Kier molecular flexibility index (Phi) is 2.34. The highest BCUT2D eigenvalue weighted by Gasteiger charge is 2.13. The Morgan fingerprint density at radius 1 is 1.44 bits per heavy atom. The van der Waals surface area contributed by atoms with E-state index in [0.29, 0.717) is 5.52 Å². The number of Topliss-reactive ketones (excluding diaryl/α,β-unsaturated/α-hetero) is 1. The molecule has 0 atom stereocenters. The lowest BCUT2D eigenvalue weighted by atomic mass is 10.3. The summed E-state index contributed by atoms with van der Waals surface area (Å²) in [4.78, 5) is 14.8. The molecule has 84 valence electrons. The summed E-state index contributed by atoms with van der Waals surface area (Å²) in [6.07, 6.45) is 0. The molecule has 0 bridgehead atoms. The molecule has 0 aliphatic heterocycles. The van der Waals surface area contributed by atoms with Gasteiger partial charge in [-0.25, -0.2) is 13.8 Å². The van der Waals surface area contributed by atoms with Crippen molar-refractivity contribution in [2.24, 2.45) is 0 Å². The van der Waals surface area contributed by atoms with Crippen LogP contribution in [0.2, 0.25) is 0 Å². The van der Waals surface area contributed by atoms with E-state index < -0.39 is 11.6 Å². The number of halogens is 2. The Morgan fingerprint density at radius 3 is 2.69 bits per heavy atom. The molecule has 1 aromatic heterocycles. The van der Waals surface area contributed by atoms with Gasteiger partial charge in [0.15, 0.2) is 11.6 Å². The van der Waals surface area contributed by atoms with E-state index >= 15 is 0 Å². The summed E-state index contributed by atoms with van der Waals surface area (Å²) in [5, 5.41) is 0. The van der Waals surface area contributed by atoms with Gasteiger partial charge >= 0.3 is 0 Å². The normalized spacial score (nSPS) is 10.9. The van der Waals surface area contributed by atoms with Gasteiger partial charge in [0.1, 0.15) is 5.78 Å². The van der Waals surface area contributed by atoms with Gasteiger partial charge in [0.2, 0.25) is 5.95 Å². The Balaban J connectivity index is 2.68.